The second-order valence-corrected chi connectivity index (χ2v) is 6.31. The molecule has 3 nitrogen and oxygen atoms in total. The highest BCUT2D eigenvalue weighted by molar-refractivity contribution is 5.32. The molecular weight excluding hydrogens is 305 g/mol. The summed E-state index contributed by atoms with van der Waals surface area (Å²) in [5.41, 5.74) is 3.24. The number of aliphatic hydroxyl groups excluding tert-OH is 1. The molecule has 0 unspecified atom stereocenters. The van der Waals surface area contributed by atoms with Crippen molar-refractivity contribution in [1.82, 2.24) is 5.32 Å². The number of hydrogen-bond acceptors (Lipinski definition) is 3. The van der Waals surface area contributed by atoms with Crippen LogP contribution in [0.3, 0.4) is 0 Å². The lowest BCUT2D eigenvalue weighted by atomic mass is 9.88. The summed E-state index contributed by atoms with van der Waals surface area (Å²) in [4.78, 5) is 0. The smallest absolute Gasteiger partial charge is 0.128 e. The molecule has 0 spiro atoms. The lowest BCUT2D eigenvalue weighted by Crippen LogP contribution is -2.34. The van der Waals surface area contributed by atoms with Gasteiger partial charge in [-0.2, -0.15) is 0 Å². The van der Waals surface area contributed by atoms with Crippen molar-refractivity contribution < 1.29 is 14.2 Å². The van der Waals surface area contributed by atoms with Crippen molar-refractivity contribution >= 4 is 0 Å². The van der Waals surface area contributed by atoms with Crippen molar-refractivity contribution in [3.05, 3.63) is 71.0 Å². The van der Waals surface area contributed by atoms with Gasteiger partial charge < -0.3 is 15.2 Å². The van der Waals surface area contributed by atoms with Crippen LogP contribution in [0.4, 0.5) is 4.39 Å². The van der Waals surface area contributed by atoms with E-state index in [0.717, 1.165) is 19.3 Å². The molecule has 1 aliphatic carbocycles. The first-order valence-corrected chi connectivity index (χ1v) is 8.54. The van der Waals surface area contributed by atoms with Crippen molar-refractivity contribution in [3.63, 3.8) is 0 Å². The maximum atomic E-state index is 13.5. The number of aliphatic hydroxyl groups is 1. The SMILES string of the molecule is O[C@@H](CN[C@@H]1CCCc2ccccc21)COCc1ccccc1F. The Labute approximate surface area is 142 Å². The van der Waals surface area contributed by atoms with Gasteiger partial charge in [0.25, 0.3) is 0 Å². The van der Waals surface area contributed by atoms with E-state index in [0.29, 0.717) is 12.1 Å². The highest BCUT2D eigenvalue weighted by Gasteiger charge is 2.20. The Morgan fingerprint density at radius 3 is 2.83 bits per heavy atom. The summed E-state index contributed by atoms with van der Waals surface area (Å²) >= 11 is 0. The van der Waals surface area contributed by atoms with E-state index < -0.39 is 6.10 Å². The van der Waals surface area contributed by atoms with Crippen LogP contribution in [0.15, 0.2) is 48.5 Å². The van der Waals surface area contributed by atoms with E-state index in [2.05, 4.69) is 29.6 Å². The van der Waals surface area contributed by atoms with Crippen LogP contribution in [0, 0.1) is 5.82 Å². The van der Waals surface area contributed by atoms with Crippen molar-refractivity contribution in [1.29, 1.82) is 0 Å². The minimum absolute atomic E-state index is 0.177. The van der Waals surface area contributed by atoms with Crippen LogP contribution >= 0.6 is 0 Å². The number of halogens is 1. The van der Waals surface area contributed by atoms with Gasteiger partial charge in [-0.05, 0) is 36.5 Å². The van der Waals surface area contributed by atoms with E-state index >= 15 is 0 Å². The first-order chi connectivity index (χ1) is 11.7. The molecule has 0 bridgehead atoms. The number of rotatable bonds is 7. The van der Waals surface area contributed by atoms with Gasteiger partial charge >= 0.3 is 0 Å². The largest absolute Gasteiger partial charge is 0.389 e. The molecule has 3 rings (SSSR count). The third-order valence-electron chi connectivity index (χ3n) is 4.49. The molecule has 0 heterocycles. The third-order valence-corrected chi connectivity index (χ3v) is 4.49. The normalized spacial score (nSPS) is 18.2. The highest BCUT2D eigenvalue weighted by Crippen LogP contribution is 2.29. The summed E-state index contributed by atoms with van der Waals surface area (Å²) in [5.74, 6) is -0.274. The average molecular weight is 329 g/mol. The van der Waals surface area contributed by atoms with Crippen molar-refractivity contribution in [2.45, 2.75) is 38.0 Å². The Morgan fingerprint density at radius 1 is 1.17 bits per heavy atom. The zero-order valence-corrected chi connectivity index (χ0v) is 13.7. The van der Waals surface area contributed by atoms with E-state index in [1.54, 1.807) is 18.2 Å². The summed E-state index contributed by atoms with van der Waals surface area (Å²) in [5, 5.41) is 13.5. The zero-order valence-electron chi connectivity index (χ0n) is 13.7. The predicted octanol–water partition coefficient (Wildman–Crippen LogP) is 3.37. The fourth-order valence-electron chi connectivity index (χ4n) is 3.22. The van der Waals surface area contributed by atoms with Crippen LogP contribution in [0.1, 0.15) is 35.6 Å². The van der Waals surface area contributed by atoms with Crippen LogP contribution in [0.25, 0.3) is 0 Å². The van der Waals surface area contributed by atoms with Crippen molar-refractivity contribution in [2.24, 2.45) is 0 Å². The Bertz CT molecular complexity index is 662. The standard InChI is InChI=1S/C20H24FNO2/c21-19-10-4-2-7-16(19)13-24-14-17(23)12-22-20-11-5-8-15-6-1-3-9-18(15)20/h1-4,6-7,9-10,17,20,22-23H,5,8,11-14H2/t17-,20+/m0/s1. The second kappa shape index (κ2) is 8.38. The number of aryl methyl sites for hydroxylation is 1. The van der Waals surface area contributed by atoms with Crippen LogP contribution in [0.5, 0.6) is 0 Å². The van der Waals surface area contributed by atoms with Gasteiger partial charge in [0.05, 0.1) is 19.3 Å². The molecule has 2 aromatic carbocycles. The van der Waals surface area contributed by atoms with E-state index in [9.17, 15) is 9.50 Å². The van der Waals surface area contributed by atoms with Gasteiger partial charge in [-0.15, -0.1) is 0 Å². The fourth-order valence-corrected chi connectivity index (χ4v) is 3.22. The maximum Gasteiger partial charge on any atom is 0.128 e. The molecule has 24 heavy (non-hydrogen) atoms. The van der Waals surface area contributed by atoms with Crippen LogP contribution in [-0.4, -0.2) is 24.4 Å². The van der Waals surface area contributed by atoms with Crippen molar-refractivity contribution in [2.75, 3.05) is 13.2 Å². The molecule has 128 valence electrons. The molecule has 0 fully saturated rings. The first kappa shape index (κ1) is 17.1. The van der Waals surface area contributed by atoms with Gasteiger partial charge in [-0.1, -0.05) is 42.5 Å². The average Bonchev–Trinajstić information content (AvgIpc) is 2.61. The molecular formula is C20H24FNO2. The summed E-state index contributed by atoms with van der Waals surface area (Å²) < 4.78 is 18.9. The Kier molecular flexibility index (Phi) is 5.96. The van der Waals surface area contributed by atoms with Crippen LogP contribution in [-0.2, 0) is 17.8 Å². The Hall–Kier alpha value is -1.75. The van der Waals surface area contributed by atoms with E-state index in [1.807, 2.05) is 0 Å². The van der Waals surface area contributed by atoms with Gasteiger partial charge in [-0.25, -0.2) is 4.39 Å². The molecule has 4 heteroatoms. The van der Waals surface area contributed by atoms with Gasteiger partial charge in [0, 0.05) is 18.2 Å². The van der Waals surface area contributed by atoms with E-state index in [-0.39, 0.29) is 25.1 Å². The van der Waals surface area contributed by atoms with E-state index in [1.165, 1.54) is 17.2 Å². The lowest BCUT2D eigenvalue weighted by Gasteiger charge is -2.27. The number of ether oxygens (including phenoxy) is 1. The Morgan fingerprint density at radius 2 is 1.96 bits per heavy atom. The van der Waals surface area contributed by atoms with E-state index in [4.69, 9.17) is 4.74 Å². The Balaban J connectivity index is 1.43. The molecule has 2 aromatic rings. The predicted molar refractivity (Wildman–Crippen MR) is 92.2 cm³/mol. The molecule has 0 aromatic heterocycles. The molecule has 0 amide bonds. The molecule has 0 aliphatic heterocycles. The lowest BCUT2D eigenvalue weighted by molar-refractivity contribution is 0.0263. The second-order valence-electron chi connectivity index (χ2n) is 6.31. The number of benzene rings is 2. The zero-order chi connectivity index (χ0) is 16.8. The molecule has 0 radical (unpaired) electrons. The van der Waals surface area contributed by atoms with Crippen molar-refractivity contribution in [3.8, 4) is 0 Å². The van der Waals surface area contributed by atoms with Crippen LogP contribution in [0.2, 0.25) is 0 Å². The summed E-state index contributed by atoms with van der Waals surface area (Å²) in [6.45, 7) is 0.835. The third kappa shape index (κ3) is 4.41. The monoisotopic (exact) mass is 329 g/mol. The fraction of sp³-hybridized carbons (Fsp3) is 0.400. The number of nitrogens with one attached hydrogen (secondary N) is 1. The molecule has 2 atom stereocenters. The quantitative estimate of drug-likeness (QED) is 0.818. The topological polar surface area (TPSA) is 41.5 Å². The molecule has 0 saturated heterocycles. The summed E-state index contributed by atoms with van der Waals surface area (Å²) in [6, 6.07) is 15.3. The number of fused-ring (bicyclic) bond motifs is 1. The maximum absolute atomic E-state index is 13.5. The van der Waals surface area contributed by atoms with Gasteiger partial charge in [-0.3, -0.25) is 0 Å². The minimum Gasteiger partial charge on any atom is -0.389 e. The van der Waals surface area contributed by atoms with Crippen LogP contribution < -0.4 is 5.32 Å². The van der Waals surface area contributed by atoms with Gasteiger partial charge in [0.2, 0.25) is 0 Å². The number of hydrogen-bond donors (Lipinski definition) is 2. The van der Waals surface area contributed by atoms with Gasteiger partial charge in [0.15, 0.2) is 0 Å². The highest BCUT2D eigenvalue weighted by atomic mass is 19.1. The molecule has 2 N–H and O–H groups in total. The summed E-state index contributed by atoms with van der Waals surface area (Å²) in [6.07, 6.45) is 2.77. The minimum atomic E-state index is -0.606. The first-order valence-electron chi connectivity index (χ1n) is 8.54. The summed E-state index contributed by atoms with van der Waals surface area (Å²) in [7, 11) is 0. The van der Waals surface area contributed by atoms with Gasteiger partial charge in [0.1, 0.15) is 5.82 Å². The molecule has 1 aliphatic rings. The molecule has 0 saturated carbocycles.